The van der Waals surface area contributed by atoms with Crippen LogP contribution in [-0.2, 0) is 6.54 Å². The number of ether oxygens (including phenoxy) is 1. The minimum Gasteiger partial charge on any atom is -0.493 e. The molecule has 4 aromatic rings. The Morgan fingerprint density at radius 3 is 2.58 bits per heavy atom. The van der Waals surface area contributed by atoms with Gasteiger partial charge in [-0.25, -0.2) is 4.98 Å². The third-order valence-electron chi connectivity index (χ3n) is 6.76. The first-order chi connectivity index (χ1) is 18.5. The Hall–Kier alpha value is -4.47. The topological polar surface area (TPSA) is 133 Å². The molecular formula is C29H29N7O2. The molecule has 0 amide bonds. The number of anilines is 1. The van der Waals surface area contributed by atoms with Gasteiger partial charge in [0.15, 0.2) is 11.5 Å². The quantitative estimate of drug-likeness (QED) is 0.298. The summed E-state index contributed by atoms with van der Waals surface area (Å²) in [7, 11) is 0. The van der Waals surface area contributed by atoms with Crippen molar-refractivity contribution in [1.29, 1.82) is 10.5 Å². The number of hydrogen-bond acceptors (Lipinski definition) is 8. The molecule has 1 aliphatic carbocycles. The largest absolute Gasteiger partial charge is 0.493 e. The predicted molar refractivity (Wildman–Crippen MR) is 143 cm³/mol. The van der Waals surface area contributed by atoms with E-state index in [4.69, 9.17) is 9.72 Å². The molecule has 9 nitrogen and oxygen atoms in total. The number of aromatic nitrogens is 4. The monoisotopic (exact) mass is 507 g/mol. The van der Waals surface area contributed by atoms with E-state index in [9.17, 15) is 15.6 Å². The van der Waals surface area contributed by atoms with E-state index >= 15 is 0 Å². The van der Waals surface area contributed by atoms with Gasteiger partial charge in [0, 0.05) is 25.6 Å². The van der Waals surface area contributed by atoms with Gasteiger partial charge in [-0.1, -0.05) is 23.8 Å². The summed E-state index contributed by atoms with van der Waals surface area (Å²) in [6, 6.07) is 17.8. The van der Waals surface area contributed by atoms with Crippen LogP contribution in [0.15, 0.2) is 42.5 Å². The van der Waals surface area contributed by atoms with Gasteiger partial charge in [0.1, 0.15) is 23.2 Å². The molecule has 192 valence electrons. The van der Waals surface area contributed by atoms with E-state index in [1.165, 1.54) is 12.8 Å². The van der Waals surface area contributed by atoms with Crippen molar-refractivity contribution >= 4 is 17.0 Å². The van der Waals surface area contributed by atoms with E-state index in [1.54, 1.807) is 12.1 Å². The Morgan fingerprint density at radius 1 is 1.11 bits per heavy atom. The van der Waals surface area contributed by atoms with Crippen molar-refractivity contribution in [3.05, 3.63) is 65.0 Å². The number of imidazole rings is 1. The molecule has 9 heteroatoms. The van der Waals surface area contributed by atoms with Gasteiger partial charge in [0.2, 0.25) is 5.82 Å². The van der Waals surface area contributed by atoms with E-state index in [2.05, 4.69) is 34.3 Å². The summed E-state index contributed by atoms with van der Waals surface area (Å²) in [6.45, 7) is 5.00. The molecule has 2 aromatic heterocycles. The number of hydrogen-bond donors (Lipinski definition) is 2. The van der Waals surface area contributed by atoms with Gasteiger partial charge in [-0.3, -0.25) is 0 Å². The maximum Gasteiger partial charge on any atom is 0.236 e. The zero-order chi connectivity index (χ0) is 26.6. The third-order valence-corrected chi connectivity index (χ3v) is 6.76. The number of fused-ring (bicyclic) bond motifs is 1. The fourth-order valence-electron chi connectivity index (χ4n) is 4.53. The average molecular weight is 508 g/mol. The zero-order valence-corrected chi connectivity index (χ0v) is 21.5. The molecule has 38 heavy (non-hydrogen) atoms. The highest BCUT2D eigenvalue weighted by atomic mass is 16.5. The Kier molecular flexibility index (Phi) is 7.21. The standard InChI is InChI=1S/C29H29N7O2/c1-18-4-11-24(38-13-3-12-37)23(14-18)29-35-28-26(36(29)17-21-7-5-20(15-30)6-8-21)27(33-25(16-31)34-28)32-19(2)22-9-10-22/h4-8,11,14,19,22,37H,3,9-10,12-13,17H2,1-2H3,(H,32,33,34)/t19-/m1/s1. The van der Waals surface area contributed by atoms with Crippen LogP contribution in [0.25, 0.3) is 22.6 Å². The number of nitrogens with one attached hydrogen (secondary N) is 1. The summed E-state index contributed by atoms with van der Waals surface area (Å²) < 4.78 is 8.09. The molecule has 0 spiro atoms. The van der Waals surface area contributed by atoms with E-state index in [0.717, 1.165) is 16.7 Å². The van der Waals surface area contributed by atoms with Crippen LogP contribution in [0.4, 0.5) is 5.82 Å². The van der Waals surface area contributed by atoms with Crippen LogP contribution in [0.2, 0.25) is 0 Å². The van der Waals surface area contributed by atoms with Crippen LogP contribution in [-0.4, -0.2) is 43.9 Å². The zero-order valence-electron chi connectivity index (χ0n) is 21.5. The van der Waals surface area contributed by atoms with E-state index in [-0.39, 0.29) is 18.5 Å². The van der Waals surface area contributed by atoms with Crippen molar-refractivity contribution in [2.24, 2.45) is 5.92 Å². The van der Waals surface area contributed by atoms with Crippen LogP contribution in [0.1, 0.15) is 48.7 Å². The lowest BCUT2D eigenvalue weighted by molar-refractivity contribution is 0.234. The average Bonchev–Trinajstić information content (AvgIpc) is 3.72. The van der Waals surface area contributed by atoms with Crippen molar-refractivity contribution in [1.82, 2.24) is 19.5 Å². The molecular weight excluding hydrogens is 478 g/mol. The number of rotatable bonds is 10. The minimum absolute atomic E-state index is 0.0408. The Balaban J connectivity index is 1.71. The maximum absolute atomic E-state index is 9.65. The highest BCUT2D eigenvalue weighted by Gasteiger charge is 2.30. The first kappa shape index (κ1) is 25.2. The molecule has 1 fully saturated rings. The number of nitriles is 2. The number of benzene rings is 2. The van der Waals surface area contributed by atoms with E-state index < -0.39 is 0 Å². The van der Waals surface area contributed by atoms with E-state index in [0.29, 0.717) is 59.6 Å². The van der Waals surface area contributed by atoms with Crippen LogP contribution in [0.5, 0.6) is 5.75 Å². The van der Waals surface area contributed by atoms with Crippen molar-refractivity contribution in [2.75, 3.05) is 18.5 Å². The predicted octanol–water partition coefficient (Wildman–Crippen LogP) is 4.56. The van der Waals surface area contributed by atoms with Gasteiger partial charge >= 0.3 is 0 Å². The Labute approximate surface area is 221 Å². The summed E-state index contributed by atoms with van der Waals surface area (Å²) in [5.41, 5.74) is 4.52. The Morgan fingerprint density at radius 2 is 1.89 bits per heavy atom. The lowest BCUT2D eigenvalue weighted by atomic mass is 10.1. The molecule has 1 atom stereocenters. The molecule has 2 N–H and O–H groups in total. The number of aliphatic hydroxyl groups excluding tert-OH is 1. The maximum atomic E-state index is 9.65. The number of aryl methyl sites for hydroxylation is 1. The second-order valence-electron chi connectivity index (χ2n) is 9.71. The first-order valence-electron chi connectivity index (χ1n) is 12.8. The second kappa shape index (κ2) is 10.9. The van der Waals surface area contributed by atoms with Crippen molar-refractivity contribution in [2.45, 2.75) is 45.7 Å². The highest BCUT2D eigenvalue weighted by Crippen LogP contribution is 2.37. The summed E-state index contributed by atoms with van der Waals surface area (Å²) >= 11 is 0. The van der Waals surface area contributed by atoms with Crippen molar-refractivity contribution in [3.8, 4) is 29.3 Å². The summed E-state index contributed by atoms with van der Waals surface area (Å²) in [5.74, 6) is 2.49. The van der Waals surface area contributed by atoms with Crippen LogP contribution < -0.4 is 10.1 Å². The first-order valence-corrected chi connectivity index (χ1v) is 12.8. The van der Waals surface area contributed by atoms with Gasteiger partial charge in [0.05, 0.1) is 23.8 Å². The lowest BCUT2D eigenvalue weighted by Crippen LogP contribution is -2.19. The number of nitrogens with zero attached hydrogens (tertiary/aromatic N) is 6. The normalized spacial score (nSPS) is 13.6. The summed E-state index contributed by atoms with van der Waals surface area (Å²) in [5, 5.41) is 31.7. The van der Waals surface area contributed by atoms with Crippen LogP contribution >= 0.6 is 0 Å². The fourth-order valence-corrected chi connectivity index (χ4v) is 4.53. The SMILES string of the molecule is Cc1ccc(OCCCO)c(-c2nc3nc(C#N)nc(N[C@H](C)C4CC4)c3n2Cc2ccc(C#N)cc2)c1. The van der Waals surface area contributed by atoms with Gasteiger partial charge in [-0.05, 0) is 62.4 Å². The molecule has 2 aromatic carbocycles. The molecule has 0 unspecified atom stereocenters. The summed E-state index contributed by atoms with van der Waals surface area (Å²) in [6.07, 6.45) is 2.85. The molecule has 0 radical (unpaired) electrons. The van der Waals surface area contributed by atoms with Crippen LogP contribution in [0, 0.1) is 35.5 Å². The molecule has 0 aliphatic heterocycles. The minimum atomic E-state index is 0.0408. The molecule has 0 saturated heterocycles. The molecule has 1 saturated carbocycles. The van der Waals surface area contributed by atoms with Gasteiger partial charge < -0.3 is 19.7 Å². The smallest absolute Gasteiger partial charge is 0.236 e. The lowest BCUT2D eigenvalue weighted by Gasteiger charge is -2.17. The second-order valence-corrected chi connectivity index (χ2v) is 9.71. The molecule has 2 heterocycles. The van der Waals surface area contributed by atoms with Crippen molar-refractivity contribution in [3.63, 3.8) is 0 Å². The van der Waals surface area contributed by atoms with E-state index in [1.807, 2.05) is 41.8 Å². The molecule has 0 bridgehead atoms. The summed E-state index contributed by atoms with van der Waals surface area (Å²) in [4.78, 5) is 13.9. The van der Waals surface area contributed by atoms with Gasteiger partial charge in [-0.15, -0.1) is 0 Å². The fraction of sp³-hybridized carbons (Fsp3) is 0.345. The number of aliphatic hydroxyl groups is 1. The highest BCUT2D eigenvalue weighted by molar-refractivity contribution is 5.88. The molecule has 1 aliphatic rings. The molecule has 5 rings (SSSR count). The Bertz CT molecular complexity index is 1540. The van der Waals surface area contributed by atoms with Gasteiger partial charge in [0.25, 0.3) is 0 Å². The third kappa shape index (κ3) is 5.29. The van der Waals surface area contributed by atoms with Crippen LogP contribution in [0.3, 0.4) is 0 Å². The van der Waals surface area contributed by atoms with Crippen molar-refractivity contribution < 1.29 is 9.84 Å². The van der Waals surface area contributed by atoms with Gasteiger partial charge in [-0.2, -0.15) is 20.5 Å².